The fraction of sp³-hybridized carbons (Fsp3) is 0. The van der Waals surface area contributed by atoms with E-state index in [9.17, 15) is 0 Å². The zero-order chi connectivity index (χ0) is 9.38. The monoisotopic (exact) mass is 198 g/mol. The summed E-state index contributed by atoms with van der Waals surface area (Å²) in [7, 11) is 0. The molecule has 0 aromatic heterocycles. The Bertz CT molecular complexity index is 392. The number of benzene rings is 2. The second-order valence-electron chi connectivity index (χ2n) is 3.15. The molecule has 0 unspecified atom stereocenters. The Kier molecular flexibility index (Phi) is 1.74. The van der Waals surface area contributed by atoms with Crippen molar-refractivity contribution in [2.45, 2.75) is 9.79 Å². The SMILES string of the molecule is c1ccc2c(c1)[N]c1ccccc1S2. The van der Waals surface area contributed by atoms with Crippen LogP contribution in [-0.4, -0.2) is 0 Å². The zero-order valence-electron chi connectivity index (χ0n) is 7.47. The molecule has 0 saturated heterocycles. The van der Waals surface area contributed by atoms with Crippen molar-refractivity contribution in [1.82, 2.24) is 5.32 Å². The zero-order valence-corrected chi connectivity index (χ0v) is 8.29. The van der Waals surface area contributed by atoms with Crippen LogP contribution < -0.4 is 5.32 Å². The highest BCUT2D eigenvalue weighted by Crippen LogP contribution is 2.43. The topological polar surface area (TPSA) is 14.1 Å². The Balaban J connectivity index is 2.12. The molecule has 2 aromatic rings. The van der Waals surface area contributed by atoms with Gasteiger partial charge in [0.2, 0.25) is 0 Å². The van der Waals surface area contributed by atoms with E-state index >= 15 is 0 Å². The van der Waals surface area contributed by atoms with Gasteiger partial charge in [-0.3, -0.25) is 0 Å². The summed E-state index contributed by atoms with van der Waals surface area (Å²) in [6, 6.07) is 16.5. The van der Waals surface area contributed by atoms with E-state index in [1.54, 1.807) is 11.8 Å². The van der Waals surface area contributed by atoms with Crippen molar-refractivity contribution < 1.29 is 0 Å². The predicted octanol–water partition coefficient (Wildman–Crippen LogP) is 3.72. The molecule has 1 aliphatic rings. The molecular formula is C12H8NS. The first-order valence-electron chi connectivity index (χ1n) is 4.51. The highest BCUT2D eigenvalue weighted by atomic mass is 32.2. The normalized spacial score (nSPS) is 12.6. The largest absolute Gasteiger partial charge is 0.247 e. The molecule has 3 rings (SSSR count). The minimum atomic E-state index is 1.08. The molecule has 1 nitrogen and oxygen atoms in total. The average molecular weight is 198 g/mol. The summed E-state index contributed by atoms with van der Waals surface area (Å²) >= 11 is 1.79. The minimum Gasteiger partial charge on any atom is -0.247 e. The van der Waals surface area contributed by atoms with E-state index in [-0.39, 0.29) is 0 Å². The van der Waals surface area contributed by atoms with Crippen molar-refractivity contribution >= 4 is 23.1 Å². The molecule has 0 saturated carbocycles. The quantitative estimate of drug-likeness (QED) is 0.537. The van der Waals surface area contributed by atoms with Crippen molar-refractivity contribution in [1.29, 1.82) is 0 Å². The van der Waals surface area contributed by atoms with E-state index in [1.807, 2.05) is 12.1 Å². The van der Waals surface area contributed by atoms with Gasteiger partial charge in [0.25, 0.3) is 0 Å². The molecule has 0 spiro atoms. The predicted molar refractivity (Wildman–Crippen MR) is 58.5 cm³/mol. The summed E-state index contributed by atoms with van der Waals surface area (Å²) in [6.45, 7) is 0. The molecule has 1 aliphatic heterocycles. The summed E-state index contributed by atoms with van der Waals surface area (Å²) in [6.07, 6.45) is 0. The first kappa shape index (κ1) is 7.94. The van der Waals surface area contributed by atoms with Gasteiger partial charge in [-0.1, -0.05) is 36.0 Å². The molecule has 0 atom stereocenters. The van der Waals surface area contributed by atoms with Crippen LogP contribution in [0.25, 0.3) is 0 Å². The molecule has 0 N–H and O–H groups in total. The van der Waals surface area contributed by atoms with Crippen LogP contribution in [0.4, 0.5) is 11.4 Å². The average Bonchev–Trinajstić information content (AvgIpc) is 2.26. The second-order valence-corrected chi connectivity index (χ2v) is 4.23. The maximum absolute atomic E-state index is 4.59. The van der Waals surface area contributed by atoms with E-state index in [1.165, 1.54) is 9.79 Å². The van der Waals surface area contributed by atoms with E-state index < -0.39 is 0 Å². The van der Waals surface area contributed by atoms with Gasteiger partial charge in [-0.2, -0.15) is 0 Å². The van der Waals surface area contributed by atoms with Gasteiger partial charge in [0, 0.05) is 9.79 Å². The standard InChI is InChI=1S/C12H8NS/c1-3-7-11-9(5-1)13-10-6-2-4-8-12(10)14-11/h1-8H. The number of fused-ring (bicyclic) bond motifs is 2. The lowest BCUT2D eigenvalue weighted by Gasteiger charge is -2.17. The summed E-state index contributed by atoms with van der Waals surface area (Å²) in [4.78, 5) is 2.48. The van der Waals surface area contributed by atoms with E-state index in [4.69, 9.17) is 0 Å². The molecule has 1 radical (unpaired) electrons. The third-order valence-electron chi connectivity index (χ3n) is 2.19. The van der Waals surface area contributed by atoms with Gasteiger partial charge in [0.05, 0.1) is 11.4 Å². The molecular weight excluding hydrogens is 190 g/mol. The first-order valence-corrected chi connectivity index (χ1v) is 5.33. The second kappa shape index (κ2) is 3.07. The molecule has 1 heterocycles. The number of hydrogen-bond donors (Lipinski definition) is 0. The van der Waals surface area contributed by atoms with Gasteiger partial charge in [0.1, 0.15) is 0 Å². The first-order chi connectivity index (χ1) is 6.93. The number of hydrogen-bond acceptors (Lipinski definition) is 1. The lowest BCUT2D eigenvalue weighted by atomic mass is 10.2. The fourth-order valence-electron chi connectivity index (χ4n) is 1.52. The van der Waals surface area contributed by atoms with Gasteiger partial charge in [-0.05, 0) is 24.3 Å². The fourth-order valence-corrected chi connectivity index (χ4v) is 2.49. The van der Waals surface area contributed by atoms with Crippen LogP contribution in [0.3, 0.4) is 0 Å². The van der Waals surface area contributed by atoms with E-state index in [2.05, 4.69) is 41.7 Å². The molecule has 0 amide bonds. The molecule has 0 bridgehead atoms. The smallest absolute Gasteiger partial charge is 0.0776 e. The molecule has 0 aliphatic carbocycles. The van der Waals surface area contributed by atoms with Gasteiger partial charge in [-0.25, -0.2) is 5.32 Å². The van der Waals surface area contributed by atoms with Crippen LogP contribution >= 0.6 is 11.8 Å². The molecule has 0 fully saturated rings. The summed E-state index contributed by atoms with van der Waals surface area (Å²) < 4.78 is 0. The van der Waals surface area contributed by atoms with E-state index in [0.717, 1.165) is 11.4 Å². The Hall–Kier alpha value is -1.41. The van der Waals surface area contributed by atoms with Crippen LogP contribution in [0.2, 0.25) is 0 Å². The van der Waals surface area contributed by atoms with Crippen molar-refractivity contribution in [3.05, 3.63) is 48.5 Å². The highest BCUT2D eigenvalue weighted by molar-refractivity contribution is 7.99. The van der Waals surface area contributed by atoms with Crippen LogP contribution in [0.15, 0.2) is 58.3 Å². The lowest BCUT2D eigenvalue weighted by molar-refractivity contribution is 1.08. The van der Waals surface area contributed by atoms with Gasteiger partial charge < -0.3 is 0 Å². The minimum absolute atomic E-state index is 1.08. The van der Waals surface area contributed by atoms with Gasteiger partial charge >= 0.3 is 0 Å². The van der Waals surface area contributed by atoms with Crippen LogP contribution in [0.5, 0.6) is 0 Å². The Labute approximate surface area is 87.2 Å². The molecule has 67 valence electrons. The Morgan fingerprint density at radius 3 is 1.79 bits per heavy atom. The maximum Gasteiger partial charge on any atom is 0.0776 e. The van der Waals surface area contributed by atoms with Crippen molar-refractivity contribution in [3.8, 4) is 0 Å². The number of nitrogens with zero attached hydrogens (tertiary/aromatic N) is 1. The molecule has 2 aromatic carbocycles. The third kappa shape index (κ3) is 1.19. The van der Waals surface area contributed by atoms with Crippen LogP contribution in [-0.2, 0) is 0 Å². The van der Waals surface area contributed by atoms with E-state index in [0.29, 0.717) is 0 Å². The van der Waals surface area contributed by atoms with Crippen molar-refractivity contribution in [2.24, 2.45) is 0 Å². The summed E-state index contributed by atoms with van der Waals surface area (Å²) in [5.41, 5.74) is 2.16. The van der Waals surface area contributed by atoms with Crippen LogP contribution in [0, 0.1) is 0 Å². The highest BCUT2D eigenvalue weighted by Gasteiger charge is 2.15. The van der Waals surface area contributed by atoms with Gasteiger partial charge in [-0.15, -0.1) is 0 Å². The third-order valence-corrected chi connectivity index (χ3v) is 3.32. The molecule has 2 heteroatoms. The van der Waals surface area contributed by atoms with Crippen molar-refractivity contribution in [2.75, 3.05) is 0 Å². The lowest BCUT2D eigenvalue weighted by Crippen LogP contribution is -1.97. The summed E-state index contributed by atoms with van der Waals surface area (Å²) in [5, 5.41) is 4.59. The molecule has 14 heavy (non-hydrogen) atoms. The Morgan fingerprint density at radius 1 is 0.714 bits per heavy atom. The maximum atomic E-state index is 4.59. The number of para-hydroxylation sites is 2. The number of rotatable bonds is 0. The summed E-state index contributed by atoms with van der Waals surface area (Å²) in [5.74, 6) is 0. The Morgan fingerprint density at radius 2 is 1.21 bits per heavy atom. The van der Waals surface area contributed by atoms with Crippen molar-refractivity contribution in [3.63, 3.8) is 0 Å². The van der Waals surface area contributed by atoms with Gasteiger partial charge in [0.15, 0.2) is 0 Å². The van der Waals surface area contributed by atoms with Crippen LogP contribution in [0.1, 0.15) is 0 Å².